The maximum Gasteiger partial charge on any atom is 0.310 e. The molecule has 0 aromatic heterocycles. The van der Waals surface area contributed by atoms with Gasteiger partial charge in [-0.1, -0.05) is 43.2 Å². The Bertz CT molecular complexity index is 902. The van der Waals surface area contributed by atoms with Gasteiger partial charge in [0, 0.05) is 0 Å². The number of carboxylic acids is 1. The Balaban J connectivity index is 1.02. The van der Waals surface area contributed by atoms with E-state index in [-0.39, 0.29) is 11.8 Å². The van der Waals surface area contributed by atoms with Crippen molar-refractivity contribution in [3.05, 3.63) is 48.1 Å². The van der Waals surface area contributed by atoms with Crippen molar-refractivity contribution in [2.45, 2.75) is 38.5 Å². The Labute approximate surface area is 178 Å². The van der Waals surface area contributed by atoms with Gasteiger partial charge in [-0.15, -0.1) is 0 Å². The van der Waals surface area contributed by atoms with Gasteiger partial charge in [0.1, 0.15) is 0 Å². The molecule has 158 valence electrons. The third-order valence-corrected chi connectivity index (χ3v) is 8.67. The van der Waals surface area contributed by atoms with Crippen molar-refractivity contribution in [1.82, 2.24) is 0 Å². The van der Waals surface area contributed by atoms with Crippen molar-refractivity contribution in [1.29, 1.82) is 0 Å². The number of rotatable bonds is 7. The van der Waals surface area contributed by atoms with Crippen LogP contribution in [0.4, 0.5) is 0 Å². The minimum Gasteiger partial charge on any atom is -0.481 e. The SMILES string of the molecule is O=C(O)[C@@H]1C=C[C@@H]2C[C@H]3[C@H](CCCCCc4ccc5c(c4)OCO5)[C@H]4C=C[C@@H]1[C@@H]2[C@H]43. The number of fused-ring (bicyclic) bond motifs is 1. The van der Waals surface area contributed by atoms with E-state index in [4.69, 9.17) is 9.47 Å². The van der Waals surface area contributed by atoms with Crippen LogP contribution in [0.15, 0.2) is 42.5 Å². The van der Waals surface area contributed by atoms with E-state index in [1.165, 1.54) is 37.7 Å². The van der Waals surface area contributed by atoms with Crippen LogP contribution in [0.1, 0.15) is 37.7 Å². The van der Waals surface area contributed by atoms with Gasteiger partial charge in [0.05, 0.1) is 5.92 Å². The van der Waals surface area contributed by atoms with E-state index < -0.39 is 5.97 Å². The molecule has 6 rings (SSSR count). The summed E-state index contributed by atoms with van der Waals surface area (Å²) in [6.07, 6.45) is 16.4. The molecule has 0 spiro atoms. The molecule has 2 fully saturated rings. The first-order chi connectivity index (χ1) is 14.7. The molecule has 0 unspecified atom stereocenters. The maximum atomic E-state index is 11.7. The van der Waals surface area contributed by atoms with Crippen molar-refractivity contribution in [3.8, 4) is 11.5 Å². The summed E-state index contributed by atoms with van der Waals surface area (Å²) in [5.41, 5.74) is 1.34. The van der Waals surface area contributed by atoms with Crippen LogP contribution in [0.25, 0.3) is 0 Å². The summed E-state index contributed by atoms with van der Waals surface area (Å²) >= 11 is 0. The first kappa shape index (κ1) is 18.5. The zero-order valence-electron chi connectivity index (χ0n) is 17.3. The van der Waals surface area contributed by atoms with E-state index in [0.717, 1.165) is 35.7 Å². The van der Waals surface area contributed by atoms with Gasteiger partial charge in [-0.2, -0.15) is 0 Å². The summed E-state index contributed by atoms with van der Waals surface area (Å²) in [5.74, 6) is 5.31. The fourth-order valence-electron chi connectivity index (χ4n) is 7.42. The molecule has 30 heavy (non-hydrogen) atoms. The van der Waals surface area contributed by atoms with Gasteiger partial charge in [-0.25, -0.2) is 0 Å². The van der Waals surface area contributed by atoms with E-state index in [1.54, 1.807) is 0 Å². The van der Waals surface area contributed by atoms with Crippen LogP contribution >= 0.6 is 0 Å². The molecule has 5 aliphatic rings. The number of carboxylic acid groups (broad SMARTS) is 1. The summed E-state index contributed by atoms with van der Waals surface area (Å²) in [5, 5.41) is 9.60. The van der Waals surface area contributed by atoms with Crippen molar-refractivity contribution < 1.29 is 19.4 Å². The van der Waals surface area contributed by atoms with Crippen molar-refractivity contribution in [3.63, 3.8) is 0 Å². The number of benzene rings is 1. The van der Waals surface area contributed by atoms with Gasteiger partial charge >= 0.3 is 5.97 Å². The number of unbranched alkanes of at least 4 members (excludes halogenated alkanes) is 2. The van der Waals surface area contributed by atoms with Gasteiger partial charge in [0.2, 0.25) is 6.79 Å². The topological polar surface area (TPSA) is 55.8 Å². The molecule has 0 bridgehead atoms. The second-order valence-electron chi connectivity index (χ2n) is 9.96. The lowest BCUT2D eigenvalue weighted by Gasteiger charge is -2.54. The van der Waals surface area contributed by atoms with Crippen LogP contribution in [-0.4, -0.2) is 17.9 Å². The molecule has 0 amide bonds. The molecule has 8 atom stereocenters. The minimum absolute atomic E-state index is 0.228. The van der Waals surface area contributed by atoms with Crippen LogP contribution in [0.3, 0.4) is 0 Å². The minimum atomic E-state index is -0.653. The van der Waals surface area contributed by atoms with Crippen LogP contribution in [0.2, 0.25) is 0 Å². The zero-order chi connectivity index (χ0) is 20.2. The fourth-order valence-corrected chi connectivity index (χ4v) is 7.42. The second-order valence-corrected chi connectivity index (χ2v) is 9.96. The first-order valence-electron chi connectivity index (χ1n) is 11.7. The highest BCUT2D eigenvalue weighted by atomic mass is 16.7. The van der Waals surface area contributed by atoms with E-state index >= 15 is 0 Å². The lowest BCUT2D eigenvalue weighted by Crippen LogP contribution is -2.50. The number of hydrogen-bond donors (Lipinski definition) is 1. The maximum absolute atomic E-state index is 11.7. The molecule has 0 saturated heterocycles. The number of aliphatic carboxylic acids is 1. The number of aryl methyl sites for hydroxylation is 1. The van der Waals surface area contributed by atoms with Crippen molar-refractivity contribution in [2.75, 3.05) is 6.79 Å². The Morgan fingerprint density at radius 1 is 0.967 bits per heavy atom. The third-order valence-electron chi connectivity index (χ3n) is 8.67. The predicted molar refractivity (Wildman–Crippen MR) is 113 cm³/mol. The van der Waals surface area contributed by atoms with Gasteiger partial charge in [-0.05, 0) is 84.8 Å². The number of allylic oxidation sites excluding steroid dienone is 3. The highest BCUT2D eigenvalue weighted by Crippen LogP contribution is 2.67. The molecular formula is C26H30O4. The van der Waals surface area contributed by atoms with E-state index in [9.17, 15) is 9.90 Å². The summed E-state index contributed by atoms with van der Waals surface area (Å²) in [4.78, 5) is 11.7. The summed E-state index contributed by atoms with van der Waals surface area (Å²) < 4.78 is 10.9. The second kappa shape index (κ2) is 7.18. The molecule has 1 aromatic carbocycles. The zero-order valence-corrected chi connectivity index (χ0v) is 17.3. The van der Waals surface area contributed by atoms with Crippen molar-refractivity contribution >= 4 is 5.97 Å². The molecular weight excluding hydrogens is 376 g/mol. The monoisotopic (exact) mass is 406 g/mol. The van der Waals surface area contributed by atoms with E-state index in [2.05, 4.69) is 30.4 Å². The molecule has 1 heterocycles. The van der Waals surface area contributed by atoms with Crippen molar-refractivity contribution in [2.24, 2.45) is 47.3 Å². The molecule has 1 N–H and O–H groups in total. The van der Waals surface area contributed by atoms with Gasteiger partial charge in [-0.3, -0.25) is 4.79 Å². The Morgan fingerprint density at radius 3 is 2.73 bits per heavy atom. The van der Waals surface area contributed by atoms with Gasteiger partial charge < -0.3 is 14.6 Å². The van der Waals surface area contributed by atoms with Crippen LogP contribution in [0, 0.1) is 47.3 Å². The van der Waals surface area contributed by atoms with E-state index in [0.29, 0.717) is 24.5 Å². The average molecular weight is 407 g/mol. The molecule has 4 heteroatoms. The number of carbonyl (C=O) groups is 1. The Kier molecular flexibility index (Phi) is 4.43. The van der Waals surface area contributed by atoms with E-state index in [1.807, 2.05) is 12.1 Å². The lowest BCUT2D eigenvalue weighted by molar-refractivity contribution is -0.143. The quantitative estimate of drug-likeness (QED) is 0.506. The van der Waals surface area contributed by atoms with Gasteiger partial charge in [0.15, 0.2) is 11.5 Å². The smallest absolute Gasteiger partial charge is 0.310 e. The van der Waals surface area contributed by atoms with Crippen LogP contribution < -0.4 is 9.47 Å². The molecule has 2 saturated carbocycles. The predicted octanol–water partition coefficient (Wildman–Crippen LogP) is 5.09. The highest BCUT2D eigenvalue weighted by molar-refractivity contribution is 5.73. The molecule has 4 aliphatic carbocycles. The van der Waals surface area contributed by atoms with Gasteiger partial charge in [0.25, 0.3) is 0 Å². The summed E-state index contributed by atoms with van der Waals surface area (Å²) in [6.45, 7) is 0.340. The summed E-state index contributed by atoms with van der Waals surface area (Å²) in [6, 6.07) is 6.31. The molecule has 1 aromatic rings. The van der Waals surface area contributed by atoms with Crippen LogP contribution in [0.5, 0.6) is 11.5 Å². The summed E-state index contributed by atoms with van der Waals surface area (Å²) in [7, 11) is 0. The van der Waals surface area contributed by atoms with Crippen LogP contribution in [-0.2, 0) is 11.2 Å². The number of ether oxygens (including phenoxy) is 2. The molecule has 0 radical (unpaired) electrons. The largest absolute Gasteiger partial charge is 0.481 e. The standard InChI is InChI=1S/C26H30O4/c27-26(28)20-8-7-16-13-21-17(18-9-10-19(20)24(16)25(18)21)5-3-1-2-4-15-6-11-22-23(12-15)30-14-29-22/h6-12,16-21,24-25H,1-5,13-14H2,(H,27,28)/t16-,17-,18-,19+,20-,21+,24-,25-/m1/s1. The average Bonchev–Trinajstić information content (AvgIpc) is 3.34. The lowest BCUT2D eigenvalue weighted by atomic mass is 9.50. The molecule has 4 nitrogen and oxygen atoms in total. The third kappa shape index (κ3) is 2.83. The highest BCUT2D eigenvalue weighted by Gasteiger charge is 2.62. The molecule has 1 aliphatic heterocycles. The Morgan fingerprint density at radius 2 is 1.83 bits per heavy atom. The number of hydrogen-bond acceptors (Lipinski definition) is 3. The normalized spacial score (nSPS) is 38.9. The fraction of sp³-hybridized carbons (Fsp3) is 0.577. The first-order valence-corrected chi connectivity index (χ1v) is 11.7. The Hall–Kier alpha value is -2.23.